The summed E-state index contributed by atoms with van der Waals surface area (Å²) < 4.78 is 19.2. The number of amides is 2. The molecule has 0 spiro atoms. The van der Waals surface area contributed by atoms with Crippen LogP contribution in [0.4, 0.5) is 0 Å². The molecule has 1 saturated heterocycles. The molecule has 4 aromatic rings. The van der Waals surface area contributed by atoms with Gasteiger partial charge in [-0.05, 0) is 59.0 Å². The monoisotopic (exact) mass is 658 g/mol. The summed E-state index contributed by atoms with van der Waals surface area (Å²) in [6.45, 7) is -0.332. The highest BCUT2D eigenvalue weighted by molar-refractivity contribution is 7.92. The van der Waals surface area contributed by atoms with Crippen LogP contribution >= 0.6 is 34.5 Å². The van der Waals surface area contributed by atoms with Crippen molar-refractivity contribution in [3.05, 3.63) is 90.5 Å². The molecule has 6 rings (SSSR count). The molecule has 0 aliphatic carbocycles. The molecule has 2 amide bonds. The molecule has 4 heterocycles. The van der Waals surface area contributed by atoms with Crippen molar-refractivity contribution in [1.29, 1.82) is 0 Å². The number of fused-ring (bicyclic) bond motifs is 2. The maximum atomic E-state index is 13.2. The number of H-pyrrole nitrogens is 1. The van der Waals surface area contributed by atoms with Crippen LogP contribution in [0.2, 0.25) is 10.0 Å². The van der Waals surface area contributed by atoms with Gasteiger partial charge < -0.3 is 24.7 Å². The number of nitrogens with zero attached hydrogens (tertiary/aromatic N) is 2. The van der Waals surface area contributed by atoms with Gasteiger partial charge in [0.1, 0.15) is 29.6 Å². The molecule has 15 heteroatoms. The van der Waals surface area contributed by atoms with Gasteiger partial charge in [-0.2, -0.15) is 0 Å². The third-order valence-electron chi connectivity index (χ3n) is 6.90. The topological polar surface area (TPSA) is 165 Å². The predicted molar refractivity (Wildman–Crippen MR) is 162 cm³/mol. The highest BCUT2D eigenvalue weighted by atomic mass is 35.5. The van der Waals surface area contributed by atoms with Crippen LogP contribution in [0.15, 0.2) is 70.0 Å². The molecule has 1 fully saturated rings. The number of carbonyl (C=O) groups excluding carboxylic acids is 2. The number of rotatable bonds is 8. The van der Waals surface area contributed by atoms with Crippen LogP contribution in [0.1, 0.15) is 4.88 Å². The Morgan fingerprint density at radius 3 is 2.70 bits per heavy atom. The van der Waals surface area contributed by atoms with Crippen molar-refractivity contribution in [2.24, 2.45) is 0 Å². The molecule has 11 nitrogen and oxygen atoms in total. The quantitative estimate of drug-likeness (QED) is 0.192. The number of hydrogen-bond donors (Lipinski definition) is 3. The van der Waals surface area contributed by atoms with E-state index in [0.29, 0.717) is 21.1 Å². The number of aromatic nitrogens is 2. The van der Waals surface area contributed by atoms with E-state index < -0.39 is 45.9 Å². The molecule has 3 N–H and O–H groups in total. The average molecular weight is 660 g/mol. The summed E-state index contributed by atoms with van der Waals surface area (Å²) in [5, 5.41) is 14.4. The highest BCUT2D eigenvalue weighted by Gasteiger charge is 2.61. The molecule has 3 atom stereocenters. The first kappa shape index (κ1) is 29.2. The number of nitrogens with one attached hydrogen (secondary N) is 2. The van der Waals surface area contributed by atoms with E-state index in [9.17, 15) is 28.8 Å². The number of benzene rings is 2. The Morgan fingerprint density at radius 1 is 1.19 bits per heavy atom. The number of ether oxygens (including phenoxy) is 1. The fraction of sp³-hybridized carbons (Fsp3) is 0.179. The van der Waals surface area contributed by atoms with Gasteiger partial charge in [-0.1, -0.05) is 29.3 Å². The van der Waals surface area contributed by atoms with Crippen LogP contribution in [0.3, 0.4) is 0 Å². The van der Waals surface area contributed by atoms with Gasteiger partial charge in [0.25, 0.3) is 11.5 Å². The molecular weight excluding hydrogens is 639 g/mol. The lowest BCUT2D eigenvalue weighted by atomic mass is 10.0. The summed E-state index contributed by atoms with van der Waals surface area (Å²) in [6.07, 6.45) is 0.0516. The van der Waals surface area contributed by atoms with Crippen molar-refractivity contribution < 1.29 is 28.8 Å². The largest absolute Gasteiger partial charge is 0.614 e. The standard InChI is InChI=1S/C28H20Cl2N4O7S2/c29-14-3-5-19-17(8-14)25(36)33-24(31-19)18-9-15(30)4-6-20(18)41-11-13-12-43(40)27-22(26(37)34(27)23(13)28(38)39)32-21(35)10-16-2-1-7-42-16/h1-9,22,27H,10-12H2,(H,32,35)(H,38,39)(H,31,33,36). The number of halogens is 2. The van der Waals surface area contributed by atoms with Crippen LogP contribution in [0, 0.1) is 0 Å². The molecule has 43 heavy (non-hydrogen) atoms. The number of carboxylic acid groups (broad SMARTS) is 1. The van der Waals surface area contributed by atoms with E-state index in [1.807, 2.05) is 5.38 Å². The summed E-state index contributed by atoms with van der Waals surface area (Å²) in [5.41, 5.74) is 0.0397. The van der Waals surface area contributed by atoms with Gasteiger partial charge >= 0.3 is 5.97 Å². The van der Waals surface area contributed by atoms with Gasteiger partial charge in [0, 0.05) is 20.5 Å². The van der Waals surface area contributed by atoms with Crippen molar-refractivity contribution in [1.82, 2.24) is 20.2 Å². The lowest BCUT2D eigenvalue weighted by molar-refractivity contribution is -0.151. The Kier molecular flexibility index (Phi) is 7.92. The van der Waals surface area contributed by atoms with E-state index >= 15 is 0 Å². The zero-order chi connectivity index (χ0) is 30.4. The summed E-state index contributed by atoms with van der Waals surface area (Å²) in [5.74, 6) is -2.32. The second-order valence-electron chi connectivity index (χ2n) is 9.69. The normalized spacial score (nSPS) is 19.7. The number of aliphatic carboxylic acids is 1. The predicted octanol–water partition coefficient (Wildman–Crippen LogP) is 3.33. The van der Waals surface area contributed by atoms with Crippen LogP contribution in [0.5, 0.6) is 5.75 Å². The minimum absolute atomic E-state index is 0.0516. The Labute approximate surface area is 260 Å². The smallest absolute Gasteiger partial charge is 0.353 e. The van der Waals surface area contributed by atoms with Gasteiger partial charge in [0.15, 0.2) is 6.04 Å². The Morgan fingerprint density at radius 2 is 1.95 bits per heavy atom. The zero-order valence-corrected chi connectivity index (χ0v) is 25.0. The number of aromatic amines is 1. The van der Waals surface area contributed by atoms with Gasteiger partial charge in [-0.15, -0.1) is 11.3 Å². The molecule has 0 saturated carbocycles. The number of β-lactam (4-membered cyclic amide) rings is 1. The number of hydrogen-bond acceptors (Lipinski definition) is 8. The minimum atomic E-state index is -1.73. The Bertz CT molecular complexity index is 1880. The first-order valence-electron chi connectivity index (χ1n) is 12.7. The Balaban J connectivity index is 1.25. The van der Waals surface area contributed by atoms with E-state index in [2.05, 4.69) is 15.3 Å². The Hall–Kier alpha value is -3.88. The fourth-order valence-electron chi connectivity index (χ4n) is 4.98. The molecule has 2 aliphatic heterocycles. The van der Waals surface area contributed by atoms with E-state index in [4.69, 9.17) is 27.9 Å². The molecule has 2 aromatic heterocycles. The fourth-order valence-corrected chi connectivity index (χ4v) is 7.69. The van der Waals surface area contributed by atoms with Crippen molar-refractivity contribution in [2.45, 2.75) is 17.8 Å². The van der Waals surface area contributed by atoms with E-state index in [0.717, 1.165) is 9.78 Å². The number of carboxylic acids is 1. The third kappa shape index (κ3) is 5.61. The van der Waals surface area contributed by atoms with Gasteiger partial charge in [0.2, 0.25) is 11.3 Å². The van der Waals surface area contributed by atoms with E-state index in [-0.39, 0.29) is 47.0 Å². The van der Waals surface area contributed by atoms with Gasteiger partial charge in [-0.3, -0.25) is 19.3 Å². The van der Waals surface area contributed by atoms with Crippen molar-refractivity contribution in [3.8, 4) is 17.1 Å². The van der Waals surface area contributed by atoms with Crippen LogP contribution < -0.4 is 15.6 Å². The molecular formula is C28H20Cl2N4O7S2. The molecule has 2 aromatic carbocycles. The van der Waals surface area contributed by atoms with Crippen molar-refractivity contribution in [2.75, 3.05) is 12.4 Å². The summed E-state index contributed by atoms with van der Waals surface area (Å²) >= 11 is 11.9. The number of carbonyl (C=O) groups is 3. The first-order chi connectivity index (χ1) is 20.6. The van der Waals surface area contributed by atoms with Crippen LogP contribution in [0.25, 0.3) is 22.3 Å². The average Bonchev–Trinajstić information content (AvgIpc) is 3.48. The van der Waals surface area contributed by atoms with Crippen molar-refractivity contribution >= 4 is 74.4 Å². The second-order valence-corrected chi connectivity index (χ2v) is 13.1. The number of thiophene rings is 1. The van der Waals surface area contributed by atoms with E-state index in [1.54, 1.807) is 30.3 Å². The summed E-state index contributed by atoms with van der Waals surface area (Å²) in [6, 6.07) is 11.8. The highest BCUT2D eigenvalue weighted by Crippen LogP contribution is 2.38. The summed E-state index contributed by atoms with van der Waals surface area (Å²) in [4.78, 5) is 59.5. The van der Waals surface area contributed by atoms with Gasteiger partial charge in [0.05, 0.1) is 22.9 Å². The molecule has 0 radical (unpaired) electrons. The third-order valence-corrected chi connectivity index (χ3v) is 9.91. The van der Waals surface area contributed by atoms with Crippen LogP contribution in [-0.4, -0.2) is 66.1 Å². The maximum absolute atomic E-state index is 13.2. The zero-order valence-electron chi connectivity index (χ0n) is 21.8. The first-order valence-corrected chi connectivity index (χ1v) is 15.7. The minimum Gasteiger partial charge on any atom is -0.614 e. The summed E-state index contributed by atoms with van der Waals surface area (Å²) in [7, 11) is 0. The SMILES string of the molecule is O=C(Cc1cccs1)NC1C(=O)N2C(C(=O)O)=C(COc3ccc(Cl)cc3-c3nc4ccc(Cl)cc4c(=O)[nH]3)C[S+]([O-])C12. The maximum Gasteiger partial charge on any atom is 0.353 e. The molecule has 220 valence electrons. The van der Waals surface area contributed by atoms with Crippen molar-refractivity contribution in [3.63, 3.8) is 0 Å². The molecule has 0 bridgehead atoms. The van der Waals surface area contributed by atoms with Gasteiger partial charge in [-0.25, -0.2) is 9.78 Å². The molecule has 2 aliphatic rings. The van der Waals surface area contributed by atoms with Crippen LogP contribution in [-0.2, 0) is 32.0 Å². The second kappa shape index (κ2) is 11.7. The lowest BCUT2D eigenvalue weighted by Crippen LogP contribution is -2.75. The molecule has 3 unspecified atom stereocenters. The lowest BCUT2D eigenvalue weighted by Gasteiger charge is -2.48. The van der Waals surface area contributed by atoms with E-state index in [1.165, 1.54) is 29.5 Å².